The van der Waals surface area contributed by atoms with Crippen LogP contribution >= 0.6 is 11.8 Å². The Bertz CT molecular complexity index is 577. The van der Waals surface area contributed by atoms with Gasteiger partial charge in [-0.3, -0.25) is 19.5 Å². The minimum atomic E-state index is -0.210. The predicted molar refractivity (Wildman–Crippen MR) is 75.7 cm³/mol. The molecule has 0 fully saturated rings. The summed E-state index contributed by atoms with van der Waals surface area (Å²) in [6, 6.07) is 0. The number of hydrogen-bond donors (Lipinski definition) is 2. The van der Waals surface area contributed by atoms with Crippen molar-refractivity contribution in [2.75, 3.05) is 12.3 Å². The molecule has 1 aromatic rings. The zero-order valence-electron chi connectivity index (χ0n) is 11.1. The van der Waals surface area contributed by atoms with Gasteiger partial charge in [0.15, 0.2) is 0 Å². The van der Waals surface area contributed by atoms with Crippen molar-refractivity contribution >= 4 is 29.2 Å². The number of amides is 1. The van der Waals surface area contributed by atoms with Gasteiger partial charge in [-0.05, 0) is 18.6 Å². The molecule has 106 valence electrons. The summed E-state index contributed by atoms with van der Waals surface area (Å²) >= 11 is 1.37. The molecule has 1 aromatic heterocycles. The SMILES string of the molecule is CC(=O)NCCCCSC1=CC(=O)c2[nH]ncc2C1=O. The first-order chi connectivity index (χ1) is 9.59. The Morgan fingerprint density at radius 2 is 2.20 bits per heavy atom. The van der Waals surface area contributed by atoms with E-state index >= 15 is 0 Å². The highest BCUT2D eigenvalue weighted by Crippen LogP contribution is 2.27. The van der Waals surface area contributed by atoms with Gasteiger partial charge in [0.2, 0.25) is 17.5 Å². The molecule has 0 aliphatic heterocycles. The molecule has 1 aliphatic carbocycles. The molecular formula is C13H15N3O3S. The highest BCUT2D eigenvalue weighted by atomic mass is 32.2. The number of fused-ring (bicyclic) bond motifs is 1. The van der Waals surface area contributed by atoms with E-state index in [0.717, 1.165) is 18.6 Å². The Labute approximate surface area is 120 Å². The van der Waals surface area contributed by atoms with Crippen molar-refractivity contribution in [1.82, 2.24) is 15.5 Å². The maximum Gasteiger partial charge on any atom is 0.216 e. The number of allylic oxidation sites excluding steroid dienone is 2. The quantitative estimate of drug-likeness (QED) is 0.772. The van der Waals surface area contributed by atoms with Gasteiger partial charge in [-0.25, -0.2) is 0 Å². The molecule has 1 heterocycles. The number of carbonyl (C=O) groups is 3. The summed E-state index contributed by atoms with van der Waals surface area (Å²) in [5.74, 6) is 0.330. The topological polar surface area (TPSA) is 91.9 Å². The Kier molecular flexibility index (Phi) is 4.73. The van der Waals surface area contributed by atoms with Crippen LogP contribution in [0.15, 0.2) is 17.2 Å². The minimum Gasteiger partial charge on any atom is -0.356 e. The zero-order chi connectivity index (χ0) is 14.5. The van der Waals surface area contributed by atoms with Crippen molar-refractivity contribution < 1.29 is 14.4 Å². The van der Waals surface area contributed by atoms with E-state index in [1.54, 1.807) is 0 Å². The highest BCUT2D eigenvalue weighted by Gasteiger charge is 2.27. The number of aromatic nitrogens is 2. The van der Waals surface area contributed by atoms with E-state index in [2.05, 4.69) is 15.5 Å². The molecule has 0 spiro atoms. The molecule has 0 saturated carbocycles. The fraction of sp³-hybridized carbons (Fsp3) is 0.385. The van der Waals surface area contributed by atoms with Crippen molar-refractivity contribution in [3.8, 4) is 0 Å². The average Bonchev–Trinajstić information content (AvgIpc) is 2.88. The van der Waals surface area contributed by atoms with Crippen LogP contribution in [-0.2, 0) is 4.79 Å². The van der Waals surface area contributed by atoms with Crippen LogP contribution < -0.4 is 5.32 Å². The molecule has 2 N–H and O–H groups in total. The van der Waals surface area contributed by atoms with E-state index < -0.39 is 0 Å². The summed E-state index contributed by atoms with van der Waals surface area (Å²) in [5, 5.41) is 8.98. The third kappa shape index (κ3) is 3.36. The number of nitrogens with one attached hydrogen (secondary N) is 2. The number of nitrogens with zero attached hydrogens (tertiary/aromatic N) is 1. The first-order valence-corrected chi connectivity index (χ1v) is 7.29. The van der Waals surface area contributed by atoms with E-state index in [9.17, 15) is 14.4 Å². The molecule has 1 aliphatic rings. The molecule has 6 nitrogen and oxygen atoms in total. The molecule has 20 heavy (non-hydrogen) atoms. The third-order valence-corrected chi connectivity index (χ3v) is 3.93. The lowest BCUT2D eigenvalue weighted by atomic mass is 10.0. The number of Topliss-reactive ketones (excluding diaryl/α,β-unsaturated/α-hetero) is 1. The Balaban J connectivity index is 1.81. The molecule has 0 unspecified atom stereocenters. The molecule has 7 heteroatoms. The normalized spacial score (nSPS) is 13.9. The van der Waals surface area contributed by atoms with E-state index in [4.69, 9.17) is 0 Å². The second kappa shape index (κ2) is 6.51. The van der Waals surface area contributed by atoms with Gasteiger partial charge in [0.25, 0.3) is 0 Å². The van der Waals surface area contributed by atoms with Crippen LogP contribution in [0.5, 0.6) is 0 Å². The molecule has 0 bridgehead atoms. The lowest BCUT2D eigenvalue weighted by Gasteiger charge is -2.10. The van der Waals surface area contributed by atoms with Crippen molar-refractivity contribution in [3.63, 3.8) is 0 Å². The fourth-order valence-electron chi connectivity index (χ4n) is 1.82. The van der Waals surface area contributed by atoms with Crippen LogP contribution in [0, 0.1) is 0 Å². The molecule has 0 radical (unpaired) electrons. The van der Waals surface area contributed by atoms with Gasteiger partial charge in [0, 0.05) is 19.5 Å². The van der Waals surface area contributed by atoms with Gasteiger partial charge < -0.3 is 5.32 Å². The maximum atomic E-state index is 12.1. The molecule has 1 amide bonds. The van der Waals surface area contributed by atoms with Crippen LogP contribution in [0.1, 0.15) is 40.6 Å². The van der Waals surface area contributed by atoms with Gasteiger partial charge in [-0.2, -0.15) is 5.10 Å². The largest absolute Gasteiger partial charge is 0.356 e. The maximum absolute atomic E-state index is 12.1. The van der Waals surface area contributed by atoms with Crippen molar-refractivity contribution in [1.29, 1.82) is 0 Å². The highest BCUT2D eigenvalue weighted by molar-refractivity contribution is 8.04. The summed E-state index contributed by atoms with van der Waals surface area (Å²) in [5.41, 5.74) is 0.614. The monoisotopic (exact) mass is 293 g/mol. The first-order valence-electron chi connectivity index (χ1n) is 6.31. The Morgan fingerprint density at radius 1 is 1.40 bits per heavy atom. The van der Waals surface area contributed by atoms with Gasteiger partial charge in [-0.1, -0.05) is 0 Å². The van der Waals surface area contributed by atoms with Gasteiger partial charge in [0.1, 0.15) is 5.69 Å². The van der Waals surface area contributed by atoms with E-state index in [1.165, 1.54) is 31.0 Å². The fourth-order valence-corrected chi connectivity index (χ4v) is 2.82. The number of rotatable bonds is 6. The molecule has 0 aromatic carbocycles. The number of ketones is 2. The van der Waals surface area contributed by atoms with Gasteiger partial charge in [0.05, 0.1) is 16.7 Å². The standard InChI is InChI=1S/C13H15N3O3S/c1-8(17)14-4-2-3-5-20-11-6-10(18)12-9(13(11)19)7-15-16-12/h6-7H,2-5H2,1H3,(H,14,17)(H,15,16). The van der Waals surface area contributed by atoms with Crippen molar-refractivity contribution in [2.45, 2.75) is 19.8 Å². The number of unbranched alkanes of at least 4 members (excludes halogenated alkanes) is 1. The lowest BCUT2D eigenvalue weighted by Crippen LogP contribution is -2.20. The lowest BCUT2D eigenvalue weighted by molar-refractivity contribution is -0.118. The van der Waals surface area contributed by atoms with E-state index in [-0.39, 0.29) is 23.2 Å². The third-order valence-electron chi connectivity index (χ3n) is 2.82. The predicted octanol–water partition coefficient (Wildman–Crippen LogP) is 1.32. The molecule has 2 rings (SSSR count). The second-order valence-electron chi connectivity index (χ2n) is 4.40. The van der Waals surface area contributed by atoms with Crippen LogP contribution in [0.2, 0.25) is 0 Å². The minimum absolute atomic E-state index is 0.0408. The summed E-state index contributed by atoms with van der Waals surface area (Å²) in [6.45, 7) is 2.11. The smallest absolute Gasteiger partial charge is 0.216 e. The van der Waals surface area contributed by atoms with Gasteiger partial charge >= 0.3 is 0 Å². The number of thioether (sulfide) groups is 1. The Hall–Kier alpha value is -1.89. The van der Waals surface area contributed by atoms with Crippen molar-refractivity contribution in [2.24, 2.45) is 0 Å². The van der Waals surface area contributed by atoms with E-state index in [0.29, 0.717) is 17.0 Å². The zero-order valence-corrected chi connectivity index (χ0v) is 11.9. The summed E-state index contributed by atoms with van der Waals surface area (Å²) in [4.78, 5) is 35.0. The summed E-state index contributed by atoms with van der Waals surface area (Å²) in [7, 11) is 0. The molecule has 0 saturated heterocycles. The molecule has 0 atom stereocenters. The number of hydrogen-bond acceptors (Lipinski definition) is 5. The van der Waals surface area contributed by atoms with Crippen LogP contribution in [0.3, 0.4) is 0 Å². The van der Waals surface area contributed by atoms with Crippen LogP contribution in [0.25, 0.3) is 0 Å². The van der Waals surface area contributed by atoms with E-state index in [1.807, 2.05) is 0 Å². The van der Waals surface area contributed by atoms with Crippen molar-refractivity contribution in [3.05, 3.63) is 28.4 Å². The molecular weight excluding hydrogens is 278 g/mol. The van der Waals surface area contributed by atoms with Gasteiger partial charge in [-0.15, -0.1) is 11.8 Å². The summed E-state index contributed by atoms with van der Waals surface area (Å²) < 4.78 is 0. The first kappa shape index (κ1) is 14.5. The number of aromatic amines is 1. The number of carbonyl (C=O) groups excluding carboxylic acids is 3. The Morgan fingerprint density at radius 3 is 2.95 bits per heavy atom. The second-order valence-corrected chi connectivity index (χ2v) is 5.54. The average molecular weight is 293 g/mol. The number of H-pyrrole nitrogens is 1. The summed E-state index contributed by atoms with van der Waals surface area (Å²) in [6.07, 6.45) is 4.46. The van der Waals surface area contributed by atoms with Crippen LogP contribution in [-0.4, -0.2) is 40.0 Å². The van der Waals surface area contributed by atoms with Crippen LogP contribution in [0.4, 0.5) is 0 Å².